The highest BCUT2D eigenvalue weighted by Crippen LogP contribution is 2.38. The van der Waals surface area contributed by atoms with Gasteiger partial charge in [-0.25, -0.2) is 4.79 Å². The summed E-state index contributed by atoms with van der Waals surface area (Å²) in [6.45, 7) is 0. The van der Waals surface area contributed by atoms with Gasteiger partial charge in [0.15, 0.2) is 11.5 Å². The zero-order valence-electron chi connectivity index (χ0n) is 17.9. The molecular weight excluding hydrogens is 410 g/mol. The SMILES string of the molecule is COc1cc(C(=O)Nc2ccc(/C=C/c3ccccc3)cc2C(=O)O)cc(OC)c1OC. The van der Waals surface area contributed by atoms with Gasteiger partial charge in [0.05, 0.1) is 32.6 Å². The molecule has 0 radical (unpaired) electrons. The van der Waals surface area contributed by atoms with Crippen LogP contribution in [-0.2, 0) is 0 Å². The molecule has 32 heavy (non-hydrogen) atoms. The highest BCUT2D eigenvalue weighted by Gasteiger charge is 2.19. The summed E-state index contributed by atoms with van der Waals surface area (Å²) >= 11 is 0. The topological polar surface area (TPSA) is 94.1 Å². The summed E-state index contributed by atoms with van der Waals surface area (Å²) in [6, 6.07) is 17.4. The summed E-state index contributed by atoms with van der Waals surface area (Å²) in [4.78, 5) is 24.7. The van der Waals surface area contributed by atoms with E-state index in [2.05, 4.69) is 5.32 Å². The quantitative estimate of drug-likeness (QED) is 0.494. The number of carboxylic acids is 1. The minimum Gasteiger partial charge on any atom is -0.493 e. The second-order valence-corrected chi connectivity index (χ2v) is 6.72. The molecule has 0 saturated carbocycles. The standard InChI is InChI=1S/C25H23NO6/c1-30-21-14-18(15-22(31-2)23(21)32-3)24(27)26-20-12-11-17(13-19(20)25(28)29)10-9-16-7-5-4-6-8-16/h4-15H,1-3H3,(H,26,27)(H,28,29)/b10-9+. The fraction of sp³-hybridized carbons (Fsp3) is 0.120. The Morgan fingerprint density at radius 3 is 2.00 bits per heavy atom. The molecule has 3 aromatic rings. The van der Waals surface area contributed by atoms with Gasteiger partial charge in [0.2, 0.25) is 5.75 Å². The zero-order chi connectivity index (χ0) is 23.1. The Hall–Kier alpha value is -4.26. The van der Waals surface area contributed by atoms with Crippen LogP contribution in [0.3, 0.4) is 0 Å². The number of benzene rings is 3. The summed E-state index contributed by atoms with van der Waals surface area (Å²) in [5.41, 5.74) is 2.05. The third kappa shape index (κ3) is 5.07. The van der Waals surface area contributed by atoms with E-state index in [0.29, 0.717) is 22.8 Å². The molecule has 164 valence electrons. The summed E-state index contributed by atoms with van der Waals surface area (Å²) in [7, 11) is 4.36. The lowest BCUT2D eigenvalue weighted by atomic mass is 10.1. The largest absolute Gasteiger partial charge is 0.493 e. The van der Waals surface area contributed by atoms with Gasteiger partial charge in [-0.1, -0.05) is 48.6 Å². The Balaban J connectivity index is 1.89. The zero-order valence-corrected chi connectivity index (χ0v) is 17.9. The molecule has 0 aliphatic rings. The number of methoxy groups -OCH3 is 3. The van der Waals surface area contributed by atoms with Crippen molar-refractivity contribution >= 4 is 29.7 Å². The van der Waals surface area contributed by atoms with Crippen molar-refractivity contribution in [1.29, 1.82) is 0 Å². The minimum absolute atomic E-state index is 0.0268. The van der Waals surface area contributed by atoms with Crippen LogP contribution in [0.1, 0.15) is 31.8 Å². The molecule has 0 fully saturated rings. The predicted molar refractivity (Wildman–Crippen MR) is 123 cm³/mol. The normalized spacial score (nSPS) is 10.6. The van der Waals surface area contributed by atoms with Crippen molar-refractivity contribution < 1.29 is 28.9 Å². The van der Waals surface area contributed by atoms with Crippen LogP contribution in [0.25, 0.3) is 12.2 Å². The molecule has 0 aliphatic carbocycles. The number of anilines is 1. The third-order valence-corrected chi connectivity index (χ3v) is 4.72. The van der Waals surface area contributed by atoms with Crippen LogP contribution in [0.2, 0.25) is 0 Å². The van der Waals surface area contributed by atoms with Gasteiger partial charge in [-0.15, -0.1) is 0 Å². The Morgan fingerprint density at radius 1 is 0.812 bits per heavy atom. The highest BCUT2D eigenvalue weighted by atomic mass is 16.5. The van der Waals surface area contributed by atoms with Crippen molar-refractivity contribution in [3.8, 4) is 17.2 Å². The number of carbonyl (C=O) groups excluding carboxylic acids is 1. The second-order valence-electron chi connectivity index (χ2n) is 6.72. The number of rotatable bonds is 8. The van der Waals surface area contributed by atoms with Crippen molar-refractivity contribution in [2.75, 3.05) is 26.6 Å². The van der Waals surface area contributed by atoms with Crippen LogP contribution in [0.4, 0.5) is 5.69 Å². The van der Waals surface area contributed by atoms with E-state index in [0.717, 1.165) is 5.56 Å². The first kappa shape index (κ1) is 22.4. The van der Waals surface area contributed by atoms with E-state index < -0.39 is 11.9 Å². The van der Waals surface area contributed by atoms with E-state index in [1.54, 1.807) is 12.1 Å². The van der Waals surface area contributed by atoms with Gasteiger partial charge in [-0.05, 0) is 35.4 Å². The van der Waals surface area contributed by atoms with Crippen LogP contribution in [-0.4, -0.2) is 38.3 Å². The predicted octanol–water partition coefficient (Wildman–Crippen LogP) is 4.83. The Kier molecular flexibility index (Phi) is 7.13. The summed E-state index contributed by atoms with van der Waals surface area (Å²) in [6.07, 6.45) is 3.70. The maximum Gasteiger partial charge on any atom is 0.337 e. The highest BCUT2D eigenvalue weighted by molar-refractivity contribution is 6.08. The van der Waals surface area contributed by atoms with Crippen molar-refractivity contribution in [3.63, 3.8) is 0 Å². The molecule has 2 N–H and O–H groups in total. The lowest BCUT2D eigenvalue weighted by molar-refractivity contribution is 0.0698. The van der Waals surface area contributed by atoms with Crippen LogP contribution in [0.5, 0.6) is 17.2 Å². The molecule has 0 saturated heterocycles. The van der Waals surface area contributed by atoms with Gasteiger partial charge in [-0.2, -0.15) is 0 Å². The van der Waals surface area contributed by atoms with E-state index in [4.69, 9.17) is 14.2 Å². The number of carbonyl (C=O) groups is 2. The first-order valence-corrected chi connectivity index (χ1v) is 9.68. The third-order valence-electron chi connectivity index (χ3n) is 4.72. The summed E-state index contributed by atoms with van der Waals surface area (Å²) in [5.74, 6) is -0.680. The average molecular weight is 433 g/mol. The smallest absolute Gasteiger partial charge is 0.337 e. The van der Waals surface area contributed by atoms with E-state index in [1.165, 1.54) is 39.5 Å². The molecule has 7 heteroatoms. The summed E-state index contributed by atoms with van der Waals surface area (Å²) < 4.78 is 15.8. The first-order chi connectivity index (χ1) is 15.5. The fourth-order valence-corrected chi connectivity index (χ4v) is 3.11. The van der Waals surface area contributed by atoms with E-state index in [1.807, 2.05) is 42.5 Å². The molecule has 7 nitrogen and oxygen atoms in total. The lowest BCUT2D eigenvalue weighted by Crippen LogP contribution is -2.15. The Morgan fingerprint density at radius 2 is 1.44 bits per heavy atom. The molecule has 0 heterocycles. The molecule has 0 aromatic heterocycles. The van der Waals surface area contributed by atoms with Gasteiger partial charge in [0.1, 0.15) is 0 Å². The molecule has 3 aromatic carbocycles. The van der Waals surface area contributed by atoms with Crippen molar-refractivity contribution in [1.82, 2.24) is 0 Å². The van der Waals surface area contributed by atoms with Gasteiger partial charge >= 0.3 is 5.97 Å². The number of ether oxygens (including phenoxy) is 3. The Labute approximate surface area is 185 Å². The van der Waals surface area contributed by atoms with Gasteiger partial charge < -0.3 is 24.6 Å². The lowest BCUT2D eigenvalue weighted by Gasteiger charge is -2.14. The second kappa shape index (κ2) is 10.2. The summed E-state index contributed by atoms with van der Waals surface area (Å²) in [5, 5.41) is 12.3. The number of hydrogen-bond acceptors (Lipinski definition) is 5. The molecule has 0 atom stereocenters. The van der Waals surface area contributed by atoms with E-state index in [9.17, 15) is 14.7 Å². The Bertz CT molecular complexity index is 1130. The molecule has 1 amide bonds. The van der Waals surface area contributed by atoms with Crippen LogP contribution < -0.4 is 19.5 Å². The number of nitrogens with one attached hydrogen (secondary N) is 1. The van der Waals surface area contributed by atoms with E-state index >= 15 is 0 Å². The molecule has 0 spiro atoms. The monoisotopic (exact) mass is 433 g/mol. The number of carboxylic acid groups (broad SMARTS) is 1. The number of hydrogen-bond donors (Lipinski definition) is 2. The molecule has 3 rings (SSSR count). The maximum absolute atomic E-state index is 12.9. The maximum atomic E-state index is 12.9. The van der Waals surface area contributed by atoms with Gasteiger partial charge in [0, 0.05) is 5.56 Å². The first-order valence-electron chi connectivity index (χ1n) is 9.68. The van der Waals surface area contributed by atoms with Crippen LogP contribution in [0.15, 0.2) is 60.7 Å². The minimum atomic E-state index is -1.15. The fourth-order valence-electron chi connectivity index (χ4n) is 3.11. The van der Waals surface area contributed by atoms with Crippen molar-refractivity contribution in [2.24, 2.45) is 0 Å². The molecular formula is C25H23NO6. The number of amides is 1. The number of aromatic carboxylic acids is 1. The van der Waals surface area contributed by atoms with Gasteiger partial charge in [0.25, 0.3) is 5.91 Å². The van der Waals surface area contributed by atoms with E-state index in [-0.39, 0.29) is 16.8 Å². The molecule has 0 unspecified atom stereocenters. The van der Waals surface area contributed by atoms with Crippen LogP contribution >= 0.6 is 0 Å². The average Bonchev–Trinajstić information content (AvgIpc) is 2.82. The van der Waals surface area contributed by atoms with Gasteiger partial charge in [-0.3, -0.25) is 4.79 Å². The van der Waals surface area contributed by atoms with Crippen LogP contribution in [0, 0.1) is 0 Å². The molecule has 0 bridgehead atoms. The molecule has 0 aliphatic heterocycles. The van der Waals surface area contributed by atoms with Crippen molar-refractivity contribution in [2.45, 2.75) is 0 Å². The van der Waals surface area contributed by atoms with Crippen molar-refractivity contribution in [3.05, 3.63) is 82.9 Å².